The first kappa shape index (κ1) is 52.6. The molecule has 0 bridgehead atoms. The Morgan fingerprint density at radius 2 is 1.11 bits per heavy atom. The summed E-state index contributed by atoms with van der Waals surface area (Å²) in [7, 11) is 1.91. The summed E-state index contributed by atoms with van der Waals surface area (Å²) < 4.78 is 11.1. The van der Waals surface area contributed by atoms with Crippen molar-refractivity contribution in [3.63, 3.8) is 0 Å². The van der Waals surface area contributed by atoms with Crippen molar-refractivity contribution >= 4 is 11.8 Å². The second-order valence-corrected chi connectivity index (χ2v) is 16.5. The van der Waals surface area contributed by atoms with Crippen molar-refractivity contribution in [2.75, 3.05) is 26.8 Å². The maximum absolute atomic E-state index is 13.0. The minimum atomic E-state index is -1.62. The third kappa shape index (κ3) is 24.5. The van der Waals surface area contributed by atoms with E-state index in [9.17, 15) is 40.2 Å². The largest absolute Gasteiger partial charge is 0.394 e. The highest BCUT2D eigenvalue weighted by Crippen LogP contribution is 2.23. The number of carbonyl (C=O) groups excluding carboxylic acids is 2. The SMILES string of the molecule is CCCCCCCCCCCCCCC(O)C(O)C(CO[C@H]1O[C@H](CO)[C@H](O)[C@H](O)[C@H]1O)NC(=O)CCCCCCCCCCCN(C)C(=O)CCCCCC. The summed E-state index contributed by atoms with van der Waals surface area (Å²) in [4.78, 5) is 27.1. The van der Waals surface area contributed by atoms with E-state index < -0.39 is 55.6 Å². The molecule has 1 aliphatic rings. The maximum Gasteiger partial charge on any atom is 0.222 e. The van der Waals surface area contributed by atoms with Crippen LogP contribution >= 0.6 is 0 Å². The van der Waals surface area contributed by atoms with Gasteiger partial charge in [-0.3, -0.25) is 9.59 Å². The van der Waals surface area contributed by atoms with Gasteiger partial charge in [-0.25, -0.2) is 0 Å². The fourth-order valence-electron chi connectivity index (χ4n) is 7.43. The third-order valence-corrected chi connectivity index (χ3v) is 11.4. The molecule has 56 heavy (non-hydrogen) atoms. The first-order chi connectivity index (χ1) is 27.1. The van der Waals surface area contributed by atoms with Gasteiger partial charge in [-0.05, 0) is 25.7 Å². The van der Waals surface area contributed by atoms with E-state index in [0.717, 1.165) is 96.4 Å². The standard InChI is InChI=1S/C44H86N2O10/c1-4-6-8-10-11-12-13-14-16-19-22-25-29-36(48)40(51)35(34-55-44-43(54)42(53)41(52)37(33-47)56-44)45-38(49)30-26-23-20-17-15-18-21-24-28-32-46(3)39(50)31-27-9-7-5-2/h35-37,40-44,47-48,51-54H,4-34H2,1-3H3,(H,45,49)/t35?,36?,37-,40?,41+,42+,43-,44+/m1/s1. The van der Waals surface area contributed by atoms with Gasteiger partial charge in [-0.1, -0.05) is 155 Å². The third-order valence-electron chi connectivity index (χ3n) is 11.4. The summed E-state index contributed by atoms with van der Waals surface area (Å²) >= 11 is 0. The zero-order chi connectivity index (χ0) is 41.4. The Morgan fingerprint density at radius 1 is 0.643 bits per heavy atom. The van der Waals surface area contributed by atoms with Crippen LogP contribution in [0, 0.1) is 0 Å². The van der Waals surface area contributed by atoms with Gasteiger partial charge in [0.2, 0.25) is 11.8 Å². The van der Waals surface area contributed by atoms with Gasteiger partial charge < -0.3 is 50.3 Å². The topological polar surface area (TPSA) is 189 Å². The van der Waals surface area contributed by atoms with Crippen LogP contribution in [0.4, 0.5) is 0 Å². The van der Waals surface area contributed by atoms with E-state index >= 15 is 0 Å². The number of hydrogen-bond acceptors (Lipinski definition) is 10. The van der Waals surface area contributed by atoms with Crippen molar-refractivity contribution in [1.29, 1.82) is 0 Å². The molecule has 0 aromatic rings. The summed E-state index contributed by atoms with van der Waals surface area (Å²) in [6, 6.07) is -1.01. The van der Waals surface area contributed by atoms with E-state index in [0.29, 0.717) is 19.3 Å². The quantitative estimate of drug-likeness (QED) is 0.0345. The smallest absolute Gasteiger partial charge is 0.222 e. The summed E-state index contributed by atoms with van der Waals surface area (Å²) in [5.74, 6) is -0.0288. The van der Waals surface area contributed by atoms with Gasteiger partial charge in [0.05, 0.1) is 25.4 Å². The number of unbranched alkanes of at least 4 members (excludes halogenated alkanes) is 22. The van der Waals surface area contributed by atoms with Crippen LogP contribution in [0.2, 0.25) is 0 Å². The highest BCUT2D eigenvalue weighted by Gasteiger charge is 2.44. The fourth-order valence-corrected chi connectivity index (χ4v) is 7.43. The van der Waals surface area contributed by atoms with E-state index in [1.54, 1.807) is 0 Å². The highest BCUT2D eigenvalue weighted by atomic mass is 16.7. The number of ether oxygens (including phenoxy) is 2. The van der Waals surface area contributed by atoms with Crippen LogP contribution in [0.15, 0.2) is 0 Å². The van der Waals surface area contributed by atoms with Gasteiger partial charge in [0.15, 0.2) is 6.29 Å². The molecule has 0 aromatic carbocycles. The number of aliphatic hydroxyl groups excluding tert-OH is 6. The van der Waals surface area contributed by atoms with E-state index in [-0.39, 0.29) is 24.8 Å². The number of amides is 2. The maximum atomic E-state index is 13.0. The van der Waals surface area contributed by atoms with E-state index in [1.807, 2.05) is 11.9 Å². The van der Waals surface area contributed by atoms with Crippen LogP contribution in [0.1, 0.15) is 194 Å². The number of carbonyl (C=O) groups is 2. The first-order valence-corrected chi connectivity index (χ1v) is 22.9. The summed E-state index contributed by atoms with van der Waals surface area (Å²) in [5, 5.41) is 65.1. The van der Waals surface area contributed by atoms with E-state index in [1.165, 1.54) is 64.2 Å². The second-order valence-electron chi connectivity index (χ2n) is 16.5. The number of aliphatic hydroxyl groups is 6. The molecular weight excluding hydrogens is 716 g/mol. The number of nitrogens with zero attached hydrogens (tertiary/aromatic N) is 1. The Hall–Kier alpha value is -1.38. The lowest BCUT2D eigenvalue weighted by Crippen LogP contribution is -2.60. The monoisotopic (exact) mass is 803 g/mol. The van der Waals surface area contributed by atoms with Crippen molar-refractivity contribution in [3.05, 3.63) is 0 Å². The Kier molecular flexibility index (Phi) is 32.4. The summed E-state index contributed by atoms with van der Waals surface area (Å²) in [6.45, 7) is 4.30. The van der Waals surface area contributed by atoms with Crippen LogP contribution in [-0.2, 0) is 19.1 Å². The zero-order valence-corrected chi connectivity index (χ0v) is 35.8. The lowest BCUT2D eigenvalue weighted by Gasteiger charge is -2.40. The molecule has 3 unspecified atom stereocenters. The van der Waals surface area contributed by atoms with Gasteiger partial charge in [0.25, 0.3) is 0 Å². The highest BCUT2D eigenvalue weighted by molar-refractivity contribution is 5.76. The predicted molar refractivity (Wildman–Crippen MR) is 222 cm³/mol. The molecule has 1 saturated heterocycles. The lowest BCUT2D eigenvalue weighted by molar-refractivity contribution is -0.303. The number of rotatable bonds is 37. The Balaban J connectivity index is 2.41. The van der Waals surface area contributed by atoms with Gasteiger partial charge in [0.1, 0.15) is 30.5 Å². The Labute approximate surface area is 340 Å². The van der Waals surface area contributed by atoms with Crippen molar-refractivity contribution in [3.8, 4) is 0 Å². The second kappa shape index (κ2) is 34.5. The van der Waals surface area contributed by atoms with E-state index in [4.69, 9.17) is 9.47 Å². The molecule has 7 N–H and O–H groups in total. The van der Waals surface area contributed by atoms with Crippen LogP contribution in [-0.4, -0.2) is 123 Å². The average molecular weight is 803 g/mol. The minimum absolute atomic E-state index is 0.253. The molecule has 1 aliphatic heterocycles. The molecule has 0 saturated carbocycles. The first-order valence-electron chi connectivity index (χ1n) is 22.9. The van der Waals surface area contributed by atoms with E-state index in [2.05, 4.69) is 19.2 Å². The van der Waals surface area contributed by atoms with Crippen molar-refractivity contribution < 1.29 is 49.7 Å². The molecule has 0 aromatic heterocycles. The van der Waals surface area contributed by atoms with Crippen molar-refractivity contribution in [1.82, 2.24) is 10.2 Å². The molecule has 2 amide bonds. The predicted octanol–water partition coefficient (Wildman–Crippen LogP) is 6.43. The summed E-state index contributed by atoms with van der Waals surface area (Å²) in [6.07, 6.45) is 19.5. The molecule has 0 aliphatic carbocycles. The van der Waals surface area contributed by atoms with Gasteiger partial charge >= 0.3 is 0 Å². The number of nitrogens with one attached hydrogen (secondary N) is 1. The molecule has 12 nitrogen and oxygen atoms in total. The summed E-state index contributed by atoms with van der Waals surface area (Å²) in [5.41, 5.74) is 0. The molecule has 8 atom stereocenters. The fraction of sp³-hybridized carbons (Fsp3) is 0.955. The average Bonchev–Trinajstić information content (AvgIpc) is 3.19. The number of hydrogen-bond donors (Lipinski definition) is 7. The van der Waals surface area contributed by atoms with Crippen LogP contribution in [0.25, 0.3) is 0 Å². The Bertz CT molecular complexity index is 943. The van der Waals surface area contributed by atoms with Crippen molar-refractivity contribution in [2.45, 2.75) is 243 Å². The molecule has 0 radical (unpaired) electrons. The van der Waals surface area contributed by atoms with Crippen LogP contribution < -0.4 is 5.32 Å². The molecule has 332 valence electrons. The lowest BCUT2D eigenvalue weighted by atomic mass is 9.98. The van der Waals surface area contributed by atoms with Crippen LogP contribution in [0.3, 0.4) is 0 Å². The van der Waals surface area contributed by atoms with Crippen LogP contribution in [0.5, 0.6) is 0 Å². The molecule has 1 fully saturated rings. The molecular formula is C44H86N2O10. The minimum Gasteiger partial charge on any atom is -0.394 e. The normalized spacial score (nSPS) is 21.5. The molecule has 0 spiro atoms. The molecule has 1 rings (SSSR count). The van der Waals surface area contributed by atoms with Crippen molar-refractivity contribution in [2.24, 2.45) is 0 Å². The molecule has 12 heteroatoms. The van der Waals surface area contributed by atoms with Gasteiger partial charge in [-0.15, -0.1) is 0 Å². The van der Waals surface area contributed by atoms with Gasteiger partial charge in [-0.2, -0.15) is 0 Å². The van der Waals surface area contributed by atoms with Gasteiger partial charge in [0, 0.05) is 26.4 Å². The molecule has 1 heterocycles. The zero-order valence-electron chi connectivity index (χ0n) is 35.8. The Morgan fingerprint density at radius 3 is 1.64 bits per heavy atom.